The second kappa shape index (κ2) is 9.72. The van der Waals surface area contributed by atoms with E-state index in [4.69, 9.17) is 9.84 Å². The third-order valence-electron chi connectivity index (χ3n) is 6.65. The zero-order valence-corrected chi connectivity index (χ0v) is 22.6. The number of carbonyl (C=O) groups excluding carboxylic acids is 1. The van der Waals surface area contributed by atoms with Gasteiger partial charge in [0.05, 0.1) is 36.7 Å². The number of rotatable bonds is 6. The molecule has 4 heterocycles. The number of hydrogen-bond donors (Lipinski definition) is 1. The molecule has 1 amide bonds. The van der Waals surface area contributed by atoms with Gasteiger partial charge in [-0.2, -0.15) is 15.3 Å². The molecule has 0 aliphatic carbocycles. The van der Waals surface area contributed by atoms with Crippen LogP contribution >= 0.6 is 0 Å². The van der Waals surface area contributed by atoms with E-state index in [0.29, 0.717) is 28.6 Å². The van der Waals surface area contributed by atoms with E-state index in [-0.39, 0.29) is 22.9 Å². The molecule has 0 unspecified atom stereocenters. The van der Waals surface area contributed by atoms with Crippen LogP contribution in [0.5, 0.6) is 5.88 Å². The van der Waals surface area contributed by atoms with Crippen molar-refractivity contribution >= 4 is 17.5 Å². The van der Waals surface area contributed by atoms with Crippen LogP contribution in [0, 0.1) is 18.3 Å². The number of fused-ring (bicyclic) bond motifs is 1. The number of amides is 1. The van der Waals surface area contributed by atoms with Gasteiger partial charge in [-0.3, -0.25) is 14.5 Å². The van der Waals surface area contributed by atoms with Gasteiger partial charge in [-0.15, -0.1) is 0 Å². The molecule has 1 aromatic carbocycles. The van der Waals surface area contributed by atoms with Crippen LogP contribution in [-0.4, -0.2) is 51.8 Å². The van der Waals surface area contributed by atoms with Gasteiger partial charge in [0.15, 0.2) is 5.69 Å². The first-order chi connectivity index (χ1) is 18.7. The van der Waals surface area contributed by atoms with Crippen LogP contribution in [0.25, 0.3) is 5.69 Å². The lowest BCUT2D eigenvalue weighted by molar-refractivity contribution is 0.0988. The molecule has 0 saturated carbocycles. The third-order valence-corrected chi connectivity index (χ3v) is 6.65. The number of benzene rings is 1. The molecule has 4 aromatic rings. The number of nitriles is 1. The molecular weight excluding hydrogens is 496 g/mol. The van der Waals surface area contributed by atoms with Crippen molar-refractivity contribution in [3.63, 3.8) is 0 Å². The Balaban J connectivity index is 1.79. The number of anilines is 2. The summed E-state index contributed by atoms with van der Waals surface area (Å²) < 4.78 is 7.27. The second-order valence-electron chi connectivity index (χ2n) is 9.88. The molecule has 1 N–H and O–H groups in total. The Bertz CT molecular complexity index is 1680. The van der Waals surface area contributed by atoms with Gasteiger partial charge in [-0.1, -0.05) is 26.0 Å². The molecule has 198 valence electrons. The van der Waals surface area contributed by atoms with Crippen LogP contribution in [0.15, 0.2) is 47.5 Å². The fourth-order valence-corrected chi connectivity index (χ4v) is 4.89. The summed E-state index contributed by atoms with van der Waals surface area (Å²) in [4.78, 5) is 42.0. The third kappa shape index (κ3) is 4.20. The van der Waals surface area contributed by atoms with E-state index in [1.54, 1.807) is 52.3 Å². The van der Waals surface area contributed by atoms with Crippen molar-refractivity contribution in [2.75, 3.05) is 31.0 Å². The lowest BCUT2D eigenvalue weighted by Gasteiger charge is -2.27. The summed E-state index contributed by atoms with van der Waals surface area (Å²) in [5.41, 5.74) is 4.05. The Morgan fingerprint density at radius 2 is 1.87 bits per heavy atom. The fraction of sp³-hybridized carbons (Fsp3) is 0.286. The van der Waals surface area contributed by atoms with Crippen LogP contribution in [-0.2, 0) is 0 Å². The number of nitrogens with one attached hydrogen (secondary N) is 1. The first-order valence-electron chi connectivity index (χ1n) is 12.4. The highest BCUT2D eigenvalue weighted by Crippen LogP contribution is 2.45. The van der Waals surface area contributed by atoms with E-state index in [9.17, 15) is 14.9 Å². The monoisotopic (exact) mass is 524 g/mol. The minimum atomic E-state index is -0.651. The van der Waals surface area contributed by atoms with E-state index < -0.39 is 11.9 Å². The molecule has 0 radical (unpaired) electrons. The maximum absolute atomic E-state index is 14.1. The lowest BCUT2D eigenvalue weighted by atomic mass is 9.94. The van der Waals surface area contributed by atoms with Gasteiger partial charge in [0.25, 0.3) is 11.5 Å². The lowest BCUT2D eigenvalue weighted by Crippen LogP contribution is -2.34. The summed E-state index contributed by atoms with van der Waals surface area (Å²) in [6.07, 6.45) is 3.23. The highest BCUT2D eigenvalue weighted by Gasteiger charge is 2.46. The number of aromatic amines is 1. The molecule has 0 spiro atoms. The van der Waals surface area contributed by atoms with Crippen molar-refractivity contribution in [1.82, 2.24) is 24.7 Å². The van der Waals surface area contributed by atoms with Crippen molar-refractivity contribution in [2.24, 2.45) is 0 Å². The average Bonchev–Trinajstić information content (AvgIpc) is 3.44. The van der Waals surface area contributed by atoms with Crippen molar-refractivity contribution in [2.45, 2.75) is 32.7 Å². The summed E-state index contributed by atoms with van der Waals surface area (Å²) in [6.45, 7) is 5.87. The number of methoxy groups -OCH3 is 1. The zero-order valence-electron chi connectivity index (χ0n) is 22.6. The molecule has 11 nitrogen and oxygen atoms in total. The highest BCUT2D eigenvalue weighted by atomic mass is 16.5. The predicted octanol–water partition coefficient (Wildman–Crippen LogP) is 3.48. The molecule has 0 fully saturated rings. The smallest absolute Gasteiger partial charge is 0.280 e. The highest BCUT2D eigenvalue weighted by molar-refractivity contribution is 6.10. The van der Waals surface area contributed by atoms with Gasteiger partial charge < -0.3 is 14.6 Å². The van der Waals surface area contributed by atoms with Gasteiger partial charge in [-0.25, -0.2) is 9.67 Å². The quantitative estimate of drug-likeness (QED) is 0.405. The van der Waals surface area contributed by atoms with Crippen LogP contribution < -0.4 is 20.1 Å². The van der Waals surface area contributed by atoms with Crippen molar-refractivity contribution in [1.29, 1.82) is 5.26 Å². The number of aromatic nitrogens is 5. The fourth-order valence-electron chi connectivity index (χ4n) is 4.89. The van der Waals surface area contributed by atoms with E-state index >= 15 is 0 Å². The Morgan fingerprint density at radius 3 is 2.49 bits per heavy atom. The van der Waals surface area contributed by atoms with Crippen LogP contribution in [0.3, 0.4) is 0 Å². The predicted molar refractivity (Wildman–Crippen MR) is 146 cm³/mol. The maximum Gasteiger partial charge on any atom is 0.280 e. The topological polar surface area (TPSA) is 133 Å². The van der Waals surface area contributed by atoms with Gasteiger partial charge in [0, 0.05) is 25.9 Å². The number of aryl methyl sites for hydroxylation is 1. The van der Waals surface area contributed by atoms with Crippen molar-refractivity contribution in [3.05, 3.63) is 86.7 Å². The molecule has 39 heavy (non-hydrogen) atoms. The molecule has 0 bridgehead atoms. The van der Waals surface area contributed by atoms with Gasteiger partial charge >= 0.3 is 0 Å². The minimum absolute atomic E-state index is 0.0797. The molecule has 1 aliphatic rings. The molecule has 11 heteroatoms. The zero-order chi connectivity index (χ0) is 28.0. The Morgan fingerprint density at radius 1 is 1.15 bits per heavy atom. The van der Waals surface area contributed by atoms with E-state index in [2.05, 4.69) is 21.0 Å². The molecule has 3 aromatic heterocycles. The normalized spacial score (nSPS) is 14.5. The molecule has 5 rings (SSSR count). The molecule has 1 atom stereocenters. The van der Waals surface area contributed by atoms with E-state index in [1.165, 1.54) is 12.0 Å². The largest absolute Gasteiger partial charge is 0.479 e. The number of H-pyrrole nitrogens is 1. The number of carbonyl (C=O) groups is 1. The van der Waals surface area contributed by atoms with E-state index in [0.717, 1.165) is 16.8 Å². The average molecular weight is 525 g/mol. The summed E-state index contributed by atoms with van der Waals surface area (Å²) in [5, 5.41) is 14.1. The first-order valence-corrected chi connectivity index (χ1v) is 12.4. The SMILES string of the molecule is COc1nc(N(C)C)ncc1-n1nc2c(c1C(C)C)[C@H](c1ccc(C#N)cc1)N(c1cc(C)c[nH]c1=O)C2=O. The van der Waals surface area contributed by atoms with Crippen molar-refractivity contribution < 1.29 is 9.53 Å². The van der Waals surface area contributed by atoms with Crippen LogP contribution in [0.2, 0.25) is 0 Å². The summed E-state index contributed by atoms with van der Waals surface area (Å²) >= 11 is 0. The van der Waals surface area contributed by atoms with Gasteiger partial charge in [0.1, 0.15) is 11.4 Å². The van der Waals surface area contributed by atoms with E-state index in [1.807, 2.05) is 34.9 Å². The minimum Gasteiger partial charge on any atom is -0.479 e. The van der Waals surface area contributed by atoms with Crippen molar-refractivity contribution in [3.8, 4) is 17.6 Å². The molecule has 0 saturated heterocycles. The Hall–Kier alpha value is -4.98. The molecule has 1 aliphatic heterocycles. The van der Waals surface area contributed by atoms with Gasteiger partial charge in [-0.05, 0) is 42.2 Å². The Kier molecular flexibility index (Phi) is 6.39. The summed E-state index contributed by atoms with van der Waals surface area (Å²) in [5.74, 6) is 0.300. The second-order valence-corrected chi connectivity index (χ2v) is 9.88. The number of ether oxygens (including phenoxy) is 1. The van der Waals surface area contributed by atoms with Crippen LogP contribution in [0.4, 0.5) is 11.6 Å². The van der Waals surface area contributed by atoms with Gasteiger partial charge in [0.2, 0.25) is 11.8 Å². The number of hydrogen-bond acceptors (Lipinski definition) is 8. The summed E-state index contributed by atoms with van der Waals surface area (Å²) in [7, 11) is 5.19. The number of pyridine rings is 1. The van der Waals surface area contributed by atoms with Crippen LogP contribution in [0.1, 0.15) is 64.2 Å². The standard InChI is InChI=1S/C28H28N8O3/c1-15(2)23-21-22(33-36(23)20-14-31-28(34(4)5)32-26(20)39-6)27(38)35(19-11-16(3)13-30-25(19)37)24(21)18-9-7-17(12-29)8-10-18/h7-11,13-15,24H,1-6H3,(H,30,37)/t24-/m0/s1. The summed E-state index contributed by atoms with van der Waals surface area (Å²) in [6, 6.07) is 10.2. The molecular formula is C28H28N8O3. The number of nitrogens with zero attached hydrogens (tertiary/aromatic N) is 7. The Labute approximate surface area is 225 Å². The first kappa shape index (κ1) is 25.7. The maximum atomic E-state index is 14.1.